The van der Waals surface area contributed by atoms with Crippen molar-refractivity contribution in [3.63, 3.8) is 0 Å². The summed E-state index contributed by atoms with van der Waals surface area (Å²) >= 11 is 0. The van der Waals surface area contributed by atoms with Crippen LogP contribution in [0.15, 0.2) is 12.3 Å². The molecule has 0 saturated heterocycles. The Balaban J connectivity index is 2.44. The van der Waals surface area contributed by atoms with Crippen molar-refractivity contribution in [2.75, 3.05) is 0 Å². The number of hydrogen-bond donors (Lipinski definition) is 2. The van der Waals surface area contributed by atoms with Gasteiger partial charge in [-0.3, -0.25) is 9.48 Å². The number of carboxylic acid groups (broad SMARTS) is 1. The number of aromatic nitrogens is 2. The summed E-state index contributed by atoms with van der Waals surface area (Å²) in [4.78, 5) is 10.4. The highest BCUT2D eigenvalue weighted by molar-refractivity contribution is 5.72. The Morgan fingerprint density at radius 2 is 2.54 bits per heavy atom. The average Bonchev–Trinajstić information content (AvgIpc) is 2.47. The van der Waals surface area contributed by atoms with Gasteiger partial charge in [0.2, 0.25) is 0 Å². The number of aryl methyl sites for hydroxylation is 2. The van der Waals surface area contributed by atoms with Crippen molar-refractivity contribution >= 4 is 5.97 Å². The lowest BCUT2D eigenvalue weighted by Gasteiger charge is -2.05. The van der Waals surface area contributed by atoms with Crippen LogP contribution in [0, 0.1) is 0 Å². The van der Waals surface area contributed by atoms with Crippen LogP contribution < -0.4 is 5.73 Å². The molecule has 0 unspecified atom stereocenters. The SMILES string of the molecule is Cn1nccc1CC[C@H](N)C(=O)O. The Morgan fingerprint density at radius 1 is 1.85 bits per heavy atom. The molecule has 0 spiro atoms. The number of carbonyl (C=O) groups is 1. The molecule has 72 valence electrons. The van der Waals surface area contributed by atoms with Gasteiger partial charge in [-0.2, -0.15) is 5.10 Å². The number of nitrogens with two attached hydrogens (primary N) is 1. The van der Waals surface area contributed by atoms with Crippen molar-refractivity contribution in [3.05, 3.63) is 18.0 Å². The molecule has 0 bridgehead atoms. The molecule has 0 aliphatic carbocycles. The Morgan fingerprint density at radius 3 is 3.00 bits per heavy atom. The van der Waals surface area contributed by atoms with Gasteiger partial charge in [0.15, 0.2) is 0 Å². The molecule has 1 heterocycles. The predicted octanol–water partition coefficient (Wildman–Crippen LogP) is -0.235. The lowest BCUT2D eigenvalue weighted by atomic mass is 10.1. The first-order valence-corrected chi connectivity index (χ1v) is 4.06. The molecule has 1 aromatic heterocycles. The maximum absolute atomic E-state index is 10.4. The maximum Gasteiger partial charge on any atom is 0.320 e. The zero-order chi connectivity index (χ0) is 9.84. The van der Waals surface area contributed by atoms with Crippen LogP contribution in [0.25, 0.3) is 0 Å². The summed E-state index contributed by atoms with van der Waals surface area (Å²) in [6.45, 7) is 0. The Hall–Kier alpha value is -1.36. The van der Waals surface area contributed by atoms with E-state index in [0.29, 0.717) is 12.8 Å². The first kappa shape index (κ1) is 9.73. The standard InChI is InChI=1S/C8H13N3O2/c1-11-6(4-5-10-11)2-3-7(9)8(12)13/h4-5,7H,2-3,9H2,1H3,(H,12,13)/t7-/m0/s1. The lowest BCUT2D eigenvalue weighted by Crippen LogP contribution is -2.30. The minimum absolute atomic E-state index is 0.439. The van der Waals surface area contributed by atoms with Crippen molar-refractivity contribution in [3.8, 4) is 0 Å². The van der Waals surface area contributed by atoms with Crippen LogP contribution in [-0.2, 0) is 18.3 Å². The van der Waals surface area contributed by atoms with E-state index < -0.39 is 12.0 Å². The quantitative estimate of drug-likeness (QED) is 0.675. The number of rotatable bonds is 4. The summed E-state index contributed by atoms with van der Waals surface area (Å²) < 4.78 is 1.72. The molecule has 0 radical (unpaired) electrons. The highest BCUT2D eigenvalue weighted by atomic mass is 16.4. The first-order chi connectivity index (χ1) is 6.11. The van der Waals surface area contributed by atoms with Crippen LogP contribution >= 0.6 is 0 Å². The third-order valence-electron chi connectivity index (χ3n) is 1.95. The fourth-order valence-electron chi connectivity index (χ4n) is 1.07. The van der Waals surface area contributed by atoms with Crippen LogP contribution in [0.3, 0.4) is 0 Å². The Bertz CT molecular complexity index is 295. The van der Waals surface area contributed by atoms with Gasteiger partial charge in [0.25, 0.3) is 0 Å². The summed E-state index contributed by atoms with van der Waals surface area (Å²) in [5.41, 5.74) is 6.35. The molecule has 3 N–H and O–H groups in total. The molecule has 0 saturated carbocycles. The van der Waals surface area contributed by atoms with Crippen molar-refractivity contribution < 1.29 is 9.90 Å². The van der Waals surface area contributed by atoms with Gasteiger partial charge in [0, 0.05) is 18.9 Å². The van der Waals surface area contributed by atoms with Gasteiger partial charge in [-0.1, -0.05) is 0 Å². The molecule has 5 heteroatoms. The second-order valence-electron chi connectivity index (χ2n) is 2.93. The van der Waals surface area contributed by atoms with Gasteiger partial charge >= 0.3 is 5.97 Å². The van der Waals surface area contributed by atoms with Gasteiger partial charge in [-0.25, -0.2) is 0 Å². The van der Waals surface area contributed by atoms with Crippen LogP contribution in [0.5, 0.6) is 0 Å². The molecule has 0 aromatic carbocycles. The molecular weight excluding hydrogens is 170 g/mol. The third kappa shape index (κ3) is 2.55. The van der Waals surface area contributed by atoms with Gasteiger partial charge < -0.3 is 10.8 Å². The van der Waals surface area contributed by atoms with E-state index in [-0.39, 0.29) is 0 Å². The molecule has 13 heavy (non-hydrogen) atoms. The molecule has 1 aromatic rings. The summed E-state index contributed by atoms with van der Waals surface area (Å²) in [7, 11) is 1.82. The molecule has 5 nitrogen and oxygen atoms in total. The molecule has 0 amide bonds. The smallest absolute Gasteiger partial charge is 0.320 e. The fourth-order valence-corrected chi connectivity index (χ4v) is 1.07. The molecule has 0 fully saturated rings. The van der Waals surface area contributed by atoms with Crippen molar-refractivity contribution in [2.24, 2.45) is 12.8 Å². The van der Waals surface area contributed by atoms with E-state index in [2.05, 4.69) is 5.10 Å². The summed E-state index contributed by atoms with van der Waals surface area (Å²) in [6.07, 6.45) is 2.76. The average molecular weight is 183 g/mol. The van der Waals surface area contributed by atoms with Crippen LogP contribution in [0.2, 0.25) is 0 Å². The summed E-state index contributed by atoms with van der Waals surface area (Å²) in [5.74, 6) is -0.956. The van der Waals surface area contributed by atoms with Gasteiger partial charge in [-0.05, 0) is 18.9 Å². The minimum atomic E-state index is -0.956. The number of aliphatic carboxylic acids is 1. The van der Waals surface area contributed by atoms with Crippen LogP contribution in [0.4, 0.5) is 0 Å². The number of nitrogens with zero attached hydrogens (tertiary/aromatic N) is 2. The highest BCUT2D eigenvalue weighted by Crippen LogP contribution is 2.02. The molecule has 1 rings (SSSR count). The third-order valence-corrected chi connectivity index (χ3v) is 1.95. The van der Waals surface area contributed by atoms with Crippen molar-refractivity contribution in [1.82, 2.24) is 9.78 Å². The van der Waals surface area contributed by atoms with E-state index in [1.807, 2.05) is 13.1 Å². The van der Waals surface area contributed by atoms with E-state index in [4.69, 9.17) is 10.8 Å². The largest absolute Gasteiger partial charge is 0.480 e. The zero-order valence-corrected chi connectivity index (χ0v) is 7.47. The summed E-state index contributed by atoms with van der Waals surface area (Å²) in [5, 5.41) is 12.5. The number of carboxylic acids is 1. The molecule has 0 aliphatic rings. The number of hydrogen-bond acceptors (Lipinski definition) is 3. The maximum atomic E-state index is 10.4. The second-order valence-corrected chi connectivity index (χ2v) is 2.93. The normalized spacial score (nSPS) is 12.8. The first-order valence-electron chi connectivity index (χ1n) is 4.06. The second kappa shape index (κ2) is 4.04. The van der Waals surface area contributed by atoms with Gasteiger partial charge in [-0.15, -0.1) is 0 Å². The van der Waals surface area contributed by atoms with E-state index in [0.717, 1.165) is 5.69 Å². The van der Waals surface area contributed by atoms with Gasteiger partial charge in [0.05, 0.1) is 0 Å². The van der Waals surface area contributed by atoms with E-state index in [1.165, 1.54) is 0 Å². The van der Waals surface area contributed by atoms with E-state index in [9.17, 15) is 4.79 Å². The minimum Gasteiger partial charge on any atom is -0.480 e. The molecular formula is C8H13N3O2. The topological polar surface area (TPSA) is 81.1 Å². The van der Waals surface area contributed by atoms with Crippen LogP contribution in [0.1, 0.15) is 12.1 Å². The van der Waals surface area contributed by atoms with E-state index in [1.54, 1.807) is 10.9 Å². The predicted molar refractivity (Wildman–Crippen MR) is 47.1 cm³/mol. The Kier molecular flexibility index (Phi) is 3.02. The fraction of sp³-hybridized carbons (Fsp3) is 0.500. The van der Waals surface area contributed by atoms with Crippen molar-refractivity contribution in [2.45, 2.75) is 18.9 Å². The monoisotopic (exact) mass is 183 g/mol. The highest BCUT2D eigenvalue weighted by Gasteiger charge is 2.11. The zero-order valence-electron chi connectivity index (χ0n) is 7.47. The van der Waals surface area contributed by atoms with E-state index >= 15 is 0 Å². The van der Waals surface area contributed by atoms with Gasteiger partial charge in [0.1, 0.15) is 6.04 Å². The summed E-state index contributed by atoms with van der Waals surface area (Å²) in [6, 6.07) is 1.07. The lowest BCUT2D eigenvalue weighted by molar-refractivity contribution is -0.138. The molecule has 0 aliphatic heterocycles. The van der Waals surface area contributed by atoms with Crippen LogP contribution in [-0.4, -0.2) is 26.9 Å². The Labute approximate surface area is 76.2 Å². The van der Waals surface area contributed by atoms with Crippen molar-refractivity contribution in [1.29, 1.82) is 0 Å². The molecule has 1 atom stereocenters.